The monoisotopic (exact) mass is 313 g/mol. The molecule has 8 nitrogen and oxygen atoms in total. The molecule has 1 atom stereocenters. The lowest BCUT2D eigenvalue weighted by Gasteiger charge is -2.11. The van der Waals surface area contributed by atoms with Crippen LogP contribution in [0.3, 0.4) is 0 Å². The fourth-order valence-corrected chi connectivity index (χ4v) is 1.71. The van der Waals surface area contributed by atoms with Gasteiger partial charge in [-0.2, -0.15) is 8.42 Å². The number of hydrogen-bond donors (Lipinski definition) is 2. The second-order valence-corrected chi connectivity index (χ2v) is 5.73. The van der Waals surface area contributed by atoms with Crippen molar-refractivity contribution in [3.8, 4) is 0 Å². The third-order valence-corrected chi connectivity index (χ3v) is 2.96. The number of hydrogen-bond acceptors (Lipinski definition) is 6. The third-order valence-electron chi connectivity index (χ3n) is 2.15. The fourth-order valence-electron chi connectivity index (χ4n) is 1.18. The molecule has 0 aromatic heterocycles. The molecule has 0 aromatic carbocycles. The molecule has 120 valence electrons. The highest BCUT2D eigenvalue weighted by Crippen LogP contribution is 1.92. The van der Waals surface area contributed by atoms with Crippen molar-refractivity contribution in [1.29, 1.82) is 0 Å². The summed E-state index contributed by atoms with van der Waals surface area (Å²) in [5, 5.41) is 1.80. The largest absolute Gasteiger partial charge is 0.870 e. The van der Waals surface area contributed by atoms with Crippen LogP contribution < -0.4 is 5.32 Å². The topological polar surface area (TPSA) is 137 Å². The minimum Gasteiger partial charge on any atom is -0.870 e. The first-order chi connectivity index (χ1) is 8.72. The summed E-state index contributed by atoms with van der Waals surface area (Å²) in [7, 11) is -3.89. The van der Waals surface area contributed by atoms with Gasteiger partial charge in [-0.05, 0) is 6.92 Å². The van der Waals surface area contributed by atoms with Gasteiger partial charge in [-0.15, -0.1) is 0 Å². The molecular formula is C11H23NO7S. The molecule has 0 saturated carbocycles. The minimum atomic E-state index is -3.89. The summed E-state index contributed by atoms with van der Waals surface area (Å²) >= 11 is 0. The smallest absolute Gasteiger partial charge is 0.333 e. The summed E-state index contributed by atoms with van der Waals surface area (Å²) in [4.78, 5) is 11.0. The van der Waals surface area contributed by atoms with Gasteiger partial charge in [0.2, 0.25) is 0 Å². The molecule has 0 rings (SSSR count). The Labute approximate surface area is 119 Å². The normalized spacial score (nSPS) is 12.3. The molecule has 0 aliphatic rings. The Morgan fingerprint density at radius 1 is 1.40 bits per heavy atom. The quantitative estimate of drug-likeness (QED) is 0.176. The molecule has 0 spiro atoms. The van der Waals surface area contributed by atoms with Crippen LogP contribution in [0.2, 0.25) is 0 Å². The van der Waals surface area contributed by atoms with E-state index < -0.39 is 16.1 Å². The van der Waals surface area contributed by atoms with Crippen molar-refractivity contribution < 1.29 is 38.0 Å². The van der Waals surface area contributed by atoms with Crippen molar-refractivity contribution >= 4 is 16.1 Å². The SMILES string of the molecule is C=C(C)C(=O)OCCOC(C)[NH2+]CCCS(=O)(=O)O.[OH-]. The van der Waals surface area contributed by atoms with E-state index >= 15 is 0 Å². The maximum Gasteiger partial charge on any atom is 0.333 e. The van der Waals surface area contributed by atoms with Crippen LogP contribution in [-0.2, 0) is 24.4 Å². The molecule has 0 aliphatic carbocycles. The maximum atomic E-state index is 11.0. The van der Waals surface area contributed by atoms with Gasteiger partial charge in [0.1, 0.15) is 6.61 Å². The number of rotatable bonds is 10. The summed E-state index contributed by atoms with van der Waals surface area (Å²) < 4.78 is 39.6. The zero-order valence-corrected chi connectivity index (χ0v) is 12.6. The lowest BCUT2D eigenvalue weighted by Crippen LogP contribution is -2.90. The lowest BCUT2D eigenvalue weighted by atomic mass is 10.4. The molecule has 0 aromatic rings. The van der Waals surface area contributed by atoms with Gasteiger partial charge in [-0.1, -0.05) is 6.58 Å². The molecule has 4 N–H and O–H groups in total. The molecule has 9 heteroatoms. The summed E-state index contributed by atoms with van der Waals surface area (Å²) in [6.45, 7) is 7.74. The molecule has 0 amide bonds. The van der Waals surface area contributed by atoms with E-state index in [4.69, 9.17) is 14.0 Å². The van der Waals surface area contributed by atoms with E-state index in [0.29, 0.717) is 18.5 Å². The van der Waals surface area contributed by atoms with Crippen molar-refractivity contribution in [2.24, 2.45) is 0 Å². The average molecular weight is 313 g/mol. The highest BCUT2D eigenvalue weighted by atomic mass is 32.2. The van der Waals surface area contributed by atoms with Crippen molar-refractivity contribution in [3.63, 3.8) is 0 Å². The average Bonchev–Trinajstić information content (AvgIpc) is 2.28. The third kappa shape index (κ3) is 13.4. The van der Waals surface area contributed by atoms with Crippen LogP contribution in [0, 0.1) is 0 Å². The zero-order valence-electron chi connectivity index (χ0n) is 11.7. The van der Waals surface area contributed by atoms with E-state index in [1.54, 1.807) is 19.2 Å². The molecule has 0 aliphatic heterocycles. The number of ether oxygens (including phenoxy) is 2. The van der Waals surface area contributed by atoms with Gasteiger partial charge >= 0.3 is 5.97 Å². The van der Waals surface area contributed by atoms with Crippen LogP contribution in [0.1, 0.15) is 20.3 Å². The predicted octanol–water partition coefficient (Wildman–Crippen LogP) is -0.867. The maximum absolute atomic E-state index is 11.0. The van der Waals surface area contributed by atoms with Gasteiger partial charge in [0.15, 0.2) is 6.23 Å². The Morgan fingerprint density at radius 2 is 2.00 bits per heavy atom. The van der Waals surface area contributed by atoms with Gasteiger partial charge in [-0.25, -0.2) is 4.79 Å². The molecule has 0 fully saturated rings. The Balaban J connectivity index is 0. The van der Waals surface area contributed by atoms with Crippen LogP contribution in [0.15, 0.2) is 12.2 Å². The van der Waals surface area contributed by atoms with Crippen molar-refractivity contribution in [2.45, 2.75) is 26.5 Å². The number of carbonyl (C=O) groups excluding carboxylic acids is 1. The van der Waals surface area contributed by atoms with E-state index in [1.165, 1.54) is 0 Å². The Morgan fingerprint density at radius 3 is 2.50 bits per heavy atom. The molecule has 1 unspecified atom stereocenters. The van der Waals surface area contributed by atoms with Gasteiger partial charge in [0.05, 0.1) is 18.9 Å². The molecule has 0 radical (unpaired) electrons. The van der Waals surface area contributed by atoms with E-state index in [0.717, 1.165) is 0 Å². The van der Waals surface area contributed by atoms with Crippen LogP contribution in [-0.4, -0.2) is 56.2 Å². The van der Waals surface area contributed by atoms with Crippen LogP contribution in [0.5, 0.6) is 0 Å². The summed E-state index contributed by atoms with van der Waals surface area (Å²) in [5.41, 5.74) is 0.338. The highest BCUT2D eigenvalue weighted by Gasteiger charge is 2.08. The van der Waals surface area contributed by atoms with Gasteiger partial charge in [0, 0.05) is 18.9 Å². The Bertz CT molecular complexity index is 394. The Hall–Kier alpha value is -1.00. The van der Waals surface area contributed by atoms with E-state index in [9.17, 15) is 13.2 Å². The van der Waals surface area contributed by atoms with Gasteiger partial charge < -0.3 is 20.3 Å². The fraction of sp³-hybridized carbons (Fsp3) is 0.727. The molecule has 0 saturated heterocycles. The van der Waals surface area contributed by atoms with E-state index in [2.05, 4.69) is 6.58 Å². The molecule has 0 heterocycles. The first kappa shape index (κ1) is 21.3. The van der Waals surface area contributed by atoms with E-state index in [-0.39, 0.29) is 30.7 Å². The first-order valence-electron chi connectivity index (χ1n) is 5.95. The number of nitrogens with two attached hydrogens (primary N) is 1. The highest BCUT2D eigenvalue weighted by molar-refractivity contribution is 7.85. The predicted molar refractivity (Wildman–Crippen MR) is 70.9 cm³/mol. The summed E-state index contributed by atoms with van der Waals surface area (Å²) in [5.74, 6) is -0.708. The zero-order chi connectivity index (χ0) is 14.9. The molecule has 20 heavy (non-hydrogen) atoms. The van der Waals surface area contributed by atoms with Crippen molar-refractivity contribution in [1.82, 2.24) is 0 Å². The summed E-state index contributed by atoms with van der Waals surface area (Å²) in [6, 6.07) is 0. The number of carbonyl (C=O) groups is 1. The Kier molecular flexibility index (Phi) is 11.4. The van der Waals surface area contributed by atoms with Crippen LogP contribution >= 0.6 is 0 Å². The summed E-state index contributed by atoms with van der Waals surface area (Å²) in [6.07, 6.45) is 0.168. The van der Waals surface area contributed by atoms with Gasteiger partial charge in [-0.3, -0.25) is 4.55 Å². The van der Waals surface area contributed by atoms with Gasteiger partial charge in [0.25, 0.3) is 10.1 Å². The second kappa shape index (κ2) is 10.7. The van der Waals surface area contributed by atoms with Crippen molar-refractivity contribution in [2.75, 3.05) is 25.5 Å². The first-order valence-corrected chi connectivity index (χ1v) is 7.56. The molecule has 0 bridgehead atoms. The molecular weight excluding hydrogens is 290 g/mol. The number of quaternary nitrogens is 1. The van der Waals surface area contributed by atoms with Crippen LogP contribution in [0.25, 0.3) is 0 Å². The van der Waals surface area contributed by atoms with Crippen LogP contribution in [0.4, 0.5) is 0 Å². The van der Waals surface area contributed by atoms with Crippen molar-refractivity contribution in [3.05, 3.63) is 12.2 Å². The lowest BCUT2D eigenvalue weighted by molar-refractivity contribution is -0.723. The number of esters is 1. The van der Waals surface area contributed by atoms with E-state index in [1.807, 2.05) is 0 Å². The minimum absolute atomic E-state index is 0. The second-order valence-electron chi connectivity index (χ2n) is 4.16. The standard InChI is InChI=1S/C11H21NO6S.H2O/c1-9(2)11(13)18-7-6-17-10(3)12-5-4-8-19(14,15)16;/h10,12H,1,4-8H2,2-3H3,(H,14,15,16);1H2.